The molecule has 1 aromatic rings. The summed E-state index contributed by atoms with van der Waals surface area (Å²) in [5.41, 5.74) is 0.599. The normalized spacial score (nSPS) is 22.1. The van der Waals surface area contributed by atoms with Gasteiger partial charge >= 0.3 is 12.1 Å². The number of ether oxygens (including phenoxy) is 1. The third-order valence-corrected chi connectivity index (χ3v) is 4.91. The van der Waals surface area contributed by atoms with Crippen molar-refractivity contribution in [2.24, 2.45) is 5.92 Å². The first-order valence-electron chi connectivity index (χ1n) is 9.70. The van der Waals surface area contributed by atoms with Gasteiger partial charge in [0.25, 0.3) is 0 Å². The zero-order chi connectivity index (χ0) is 20.0. The van der Waals surface area contributed by atoms with Crippen LogP contribution >= 0.6 is 0 Å². The predicted molar refractivity (Wildman–Crippen MR) is 104 cm³/mol. The highest BCUT2D eigenvalue weighted by atomic mass is 16.6. The van der Waals surface area contributed by atoms with Crippen LogP contribution in [0.5, 0.6) is 0 Å². The van der Waals surface area contributed by atoms with Gasteiger partial charge in [0.1, 0.15) is 5.60 Å². The van der Waals surface area contributed by atoms with E-state index in [0.29, 0.717) is 19.5 Å². The number of carbonyl (C=O) groups is 2. The molecule has 0 saturated carbocycles. The van der Waals surface area contributed by atoms with Crippen LogP contribution in [-0.4, -0.2) is 46.3 Å². The number of carboxylic acid groups (broad SMARTS) is 1. The lowest BCUT2D eigenvalue weighted by Gasteiger charge is -2.42. The predicted octanol–water partition coefficient (Wildman–Crippen LogP) is 3.66. The third kappa shape index (κ3) is 6.54. The minimum absolute atomic E-state index is 0.0376. The molecule has 0 bridgehead atoms. The van der Waals surface area contributed by atoms with E-state index in [1.54, 1.807) is 0 Å². The number of carbonyl (C=O) groups excluding carboxylic acids is 1. The van der Waals surface area contributed by atoms with Crippen molar-refractivity contribution in [1.82, 2.24) is 10.2 Å². The Kier molecular flexibility index (Phi) is 7.25. The van der Waals surface area contributed by atoms with Gasteiger partial charge in [0.15, 0.2) is 0 Å². The van der Waals surface area contributed by atoms with Gasteiger partial charge in [-0.15, -0.1) is 0 Å². The smallest absolute Gasteiger partial charge is 0.407 e. The lowest BCUT2D eigenvalue weighted by molar-refractivity contribution is -0.145. The van der Waals surface area contributed by atoms with Crippen molar-refractivity contribution in [2.45, 2.75) is 71.2 Å². The Morgan fingerprint density at radius 2 is 1.93 bits per heavy atom. The molecule has 1 aromatic carbocycles. The molecule has 150 valence electrons. The Hall–Kier alpha value is -2.08. The maximum atomic E-state index is 12.1. The molecule has 6 nitrogen and oxygen atoms in total. The summed E-state index contributed by atoms with van der Waals surface area (Å²) in [6, 6.07) is 9.94. The Labute approximate surface area is 161 Å². The van der Waals surface area contributed by atoms with Crippen LogP contribution < -0.4 is 5.32 Å². The Morgan fingerprint density at radius 3 is 2.48 bits per heavy atom. The molecule has 1 fully saturated rings. The highest BCUT2D eigenvalue weighted by Crippen LogP contribution is 2.28. The molecule has 0 aliphatic carbocycles. The number of carboxylic acids is 1. The molecular formula is C21H32N2O4. The number of nitrogens with one attached hydrogen (secondary N) is 1. The second-order valence-electron chi connectivity index (χ2n) is 8.26. The van der Waals surface area contributed by atoms with Gasteiger partial charge in [-0.25, -0.2) is 4.79 Å². The molecule has 1 aliphatic rings. The van der Waals surface area contributed by atoms with Gasteiger partial charge in [0, 0.05) is 25.2 Å². The fourth-order valence-corrected chi connectivity index (χ4v) is 3.72. The van der Waals surface area contributed by atoms with E-state index >= 15 is 0 Å². The lowest BCUT2D eigenvalue weighted by atomic mass is 9.86. The van der Waals surface area contributed by atoms with Crippen LogP contribution in [0.2, 0.25) is 0 Å². The third-order valence-electron chi connectivity index (χ3n) is 4.91. The number of amides is 1. The molecule has 1 amide bonds. The van der Waals surface area contributed by atoms with E-state index in [1.807, 2.05) is 58.0 Å². The van der Waals surface area contributed by atoms with Gasteiger partial charge in [-0.05, 0) is 45.6 Å². The summed E-state index contributed by atoms with van der Waals surface area (Å²) in [6.45, 7) is 8.71. The van der Waals surface area contributed by atoms with Crippen molar-refractivity contribution in [3.8, 4) is 0 Å². The van der Waals surface area contributed by atoms with Gasteiger partial charge in [-0.3, -0.25) is 9.69 Å². The second-order valence-corrected chi connectivity index (χ2v) is 8.26. The van der Waals surface area contributed by atoms with Crippen LogP contribution in [0.15, 0.2) is 30.3 Å². The van der Waals surface area contributed by atoms with Crippen molar-refractivity contribution in [1.29, 1.82) is 0 Å². The summed E-state index contributed by atoms with van der Waals surface area (Å²) < 4.78 is 5.36. The molecule has 6 heteroatoms. The van der Waals surface area contributed by atoms with Crippen LogP contribution in [0.3, 0.4) is 0 Å². The Balaban J connectivity index is 2.10. The monoisotopic (exact) mass is 376 g/mol. The zero-order valence-corrected chi connectivity index (χ0v) is 16.8. The van der Waals surface area contributed by atoms with E-state index in [-0.39, 0.29) is 12.1 Å². The quantitative estimate of drug-likeness (QED) is 0.792. The number of hydrogen-bond donors (Lipinski definition) is 2. The lowest BCUT2D eigenvalue weighted by Crippen LogP contribution is -2.55. The van der Waals surface area contributed by atoms with Crippen LogP contribution in [-0.2, 0) is 16.1 Å². The number of nitrogens with zero attached hydrogens (tertiary/aromatic N) is 1. The molecule has 1 heterocycles. The highest BCUT2D eigenvalue weighted by Gasteiger charge is 2.37. The average molecular weight is 376 g/mol. The van der Waals surface area contributed by atoms with E-state index in [9.17, 15) is 14.7 Å². The highest BCUT2D eigenvalue weighted by molar-refractivity contribution is 5.71. The van der Waals surface area contributed by atoms with E-state index in [0.717, 1.165) is 18.4 Å². The number of aliphatic carboxylic acids is 1. The number of rotatable bonds is 6. The van der Waals surface area contributed by atoms with Crippen molar-refractivity contribution in [3.05, 3.63) is 35.9 Å². The standard InChI is InChI=1S/C21H32N2O4/c1-5-17(19(24)25)18-12-11-16(22-20(26)27-21(2,3)4)14-23(18)13-15-9-7-6-8-10-15/h6-10,16-18H,5,11-14H2,1-4H3,(H,22,26)(H,24,25)/t16-,17?,18-/m1/s1. The maximum absolute atomic E-state index is 12.1. The van der Waals surface area contributed by atoms with Gasteiger partial charge in [0.05, 0.1) is 5.92 Å². The summed E-state index contributed by atoms with van der Waals surface area (Å²) in [5.74, 6) is -1.16. The fraction of sp³-hybridized carbons (Fsp3) is 0.619. The van der Waals surface area contributed by atoms with Crippen LogP contribution in [0.4, 0.5) is 4.79 Å². The number of likely N-dealkylation sites (tertiary alicyclic amines) is 1. The number of piperidine rings is 1. The number of alkyl carbamates (subject to hydrolysis) is 1. The van der Waals surface area contributed by atoms with Gasteiger partial charge in [0.2, 0.25) is 0 Å². The SMILES string of the molecule is CCC(C(=O)O)[C@H]1CC[C@@H](NC(=O)OC(C)(C)C)CN1Cc1ccccc1. The van der Waals surface area contributed by atoms with Crippen molar-refractivity contribution in [2.75, 3.05) is 6.54 Å². The van der Waals surface area contributed by atoms with Gasteiger partial charge < -0.3 is 15.2 Å². The van der Waals surface area contributed by atoms with E-state index in [2.05, 4.69) is 10.2 Å². The minimum Gasteiger partial charge on any atom is -0.481 e. The van der Waals surface area contributed by atoms with E-state index < -0.39 is 23.6 Å². The molecule has 3 atom stereocenters. The van der Waals surface area contributed by atoms with Crippen molar-refractivity contribution < 1.29 is 19.4 Å². The topological polar surface area (TPSA) is 78.9 Å². The molecule has 2 N–H and O–H groups in total. The summed E-state index contributed by atoms with van der Waals surface area (Å²) >= 11 is 0. The van der Waals surface area contributed by atoms with Crippen LogP contribution in [0.25, 0.3) is 0 Å². The molecule has 0 aromatic heterocycles. The average Bonchev–Trinajstić information content (AvgIpc) is 2.56. The summed E-state index contributed by atoms with van der Waals surface area (Å²) in [6.07, 6.45) is 1.66. The molecule has 1 saturated heterocycles. The van der Waals surface area contributed by atoms with Gasteiger partial charge in [-0.2, -0.15) is 0 Å². The number of benzene rings is 1. The zero-order valence-electron chi connectivity index (χ0n) is 16.8. The fourth-order valence-electron chi connectivity index (χ4n) is 3.72. The maximum Gasteiger partial charge on any atom is 0.407 e. The molecular weight excluding hydrogens is 344 g/mol. The molecule has 1 aliphatic heterocycles. The summed E-state index contributed by atoms with van der Waals surface area (Å²) in [7, 11) is 0. The van der Waals surface area contributed by atoms with Crippen LogP contribution in [0, 0.1) is 5.92 Å². The van der Waals surface area contributed by atoms with E-state index in [1.165, 1.54) is 0 Å². The Bertz CT molecular complexity index is 627. The second kappa shape index (κ2) is 9.22. The number of hydrogen-bond acceptors (Lipinski definition) is 4. The Morgan fingerprint density at radius 1 is 1.26 bits per heavy atom. The van der Waals surface area contributed by atoms with Crippen molar-refractivity contribution >= 4 is 12.1 Å². The summed E-state index contributed by atoms with van der Waals surface area (Å²) in [4.78, 5) is 26.1. The first kappa shape index (κ1) is 21.2. The van der Waals surface area contributed by atoms with Gasteiger partial charge in [-0.1, -0.05) is 37.3 Å². The molecule has 1 unspecified atom stereocenters. The minimum atomic E-state index is -0.751. The van der Waals surface area contributed by atoms with Crippen LogP contribution in [0.1, 0.15) is 52.5 Å². The van der Waals surface area contributed by atoms with E-state index in [4.69, 9.17) is 4.74 Å². The largest absolute Gasteiger partial charge is 0.481 e. The molecule has 0 spiro atoms. The van der Waals surface area contributed by atoms with Crippen molar-refractivity contribution in [3.63, 3.8) is 0 Å². The first-order chi connectivity index (χ1) is 12.7. The summed E-state index contributed by atoms with van der Waals surface area (Å²) in [5, 5.41) is 12.6. The molecule has 0 radical (unpaired) electrons. The molecule has 27 heavy (non-hydrogen) atoms. The molecule has 2 rings (SSSR count). The first-order valence-corrected chi connectivity index (χ1v) is 9.70.